The molecule has 1 atom stereocenters. The van der Waals surface area contributed by atoms with Gasteiger partial charge in [0.15, 0.2) is 0 Å². The Morgan fingerprint density at radius 2 is 2.00 bits per heavy atom. The van der Waals surface area contributed by atoms with Crippen LogP contribution in [0.5, 0.6) is 0 Å². The highest BCUT2D eigenvalue weighted by atomic mass is 32.1. The van der Waals surface area contributed by atoms with Crippen molar-refractivity contribution >= 4 is 30.8 Å². The largest absolute Gasteiger partial charge is 0.370 e. The van der Waals surface area contributed by atoms with E-state index in [2.05, 4.69) is 4.90 Å². The quantitative estimate of drug-likeness (QED) is 0.630. The summed E-state index contributed by atoms with van der Waals surface area (Å²) in [6.07, 6.45) is 0.924. The van der Waals surface area contributed by atoms with Crippen LogP contribution in [-0.4, -0.2) is 41.9 Å². The molecule has 1 aliphatic heterocycles. The number of carbonyl (C=O) groups is 1. The van der Waals surface area contributed by atoms with E-state index in [4.69, 9.17) is 0 Å². The Kier molecular flexibility index (Phi) is 5.38. The fraction of sp³-hybridized carbons (Fsp3) is 0.462. The lowest BCUT2D eigenvalue weighted by Crippen LogP contribution is -2.35. The third kappa shape index (κ3) is 3.41. The SMILES string of the molecule is CC(=O)N1CC[C@H](N(C)c2ccc([N+](=O)[O-])cc2)C1.S. The number of non-ortho nitro benzene ring substituents is 1. The molecule has 1 fully saturated rings. The van der Waals surface area contributed by atoms with E-state index in [0.717, 1.165) is 18.7 Å². The molecule has 0 aliphatic carbocycles. The number of benzene rings is 1. The maximum atomic E-state index is 11.3. The van der Waals surface area contributed by atoms with Crippen LogP contribution >= 0.6 is 13.5 Å². The highest BCUT2D eigenvalue weighted by Gasteiger charge is 2.27. The minimum Gasteiger partial charge on any atom is -0.370 e. The molecule has 2 rings (SSSR count). The lowest BCUT2D eigenvalue weighted by molar-refractivity contribution is -0.384. The third-order valence-corrected chi connectivity index (χ3v) is 3.62. The van der Waals surface area contributed by atoms with E-state index in [-0.39, 0.29) is 31.1 Å². The molecule has 0 saturated carbocycles. The average molecular weight is 297 g/mol. The number of likely N-dealkylation sites (N-methyl/N-ethyl adjacent to an activating group) is 1. The Morgan fingerprint density at radius 1 is 1.40 bits per heavy atom. The first-order chi connectivity index (χ1) is 8.99. The Morgan fingerprint density at radius 3 is 2.45 bits per heavy atom. The zero-order valence-corrected chi connectivity index (χ0v) is 12.6. The monoisotopic (exact) mass is 297 g/mol. The summed E-state index contributed by atoms with van der Waals surface area (Å²) >= 11 is 0. The number of carbonyl (C=O) groups excluding carboxylic acids is 1. The third-order valence-electron chi connectivity index (χ3n) is 3.62. The van der Waals surface area contributed by atoms with Gasteiger partial charge in [-0.15, -0.1) is 0 Å². The predicted octanol–water partition coefficient (Wildman–Crippen LogP) is 1.76. The van der Waals surface area contributed by atoms with Crippen LogP contribution in [-0.2, 0) is 4.79 Å². The second kappa shape index (κ2) is 6.60. The Balaban J connectivity index is 0.00000200. The number of nitro benzene ring substituents is 1. The van der Waals surface area contributed by atoms with Crippen molar-refractivity contribution in [1.29, 1.82) is 0 Å². The number of nitrogens with zero attached hydrogens (tertiary/aromatic N) is 3. The number of hydrogen-bond donors (Lipinski definition) is 0. The molecule has 20 heavy (non-hydrogen) atoms. The molecule has 1 aromatic carbocycles. The number of hydrogen-bond acceptors (Lipinski definition) is 4. The topological polar surface area (TPSA) is 66.7 Å². The molecule has 1 aromatic rings. The highest BCUT2D eigenvalue weighted by molar-refractivity contribution is 7.59. The van der Waals surface area contributed by atoms with Crippen molar-refractivity contribution in [1.82, 2.24) is 4.90 Å². The normalized spacial score (nSPS) is 17.5. The van der Waals surface area contributed by atoms with E-state index in [1.165, 1.54) is 12.1 Å². The standard InChI is InChI=1S/C13H17N3O3.H2S/c1-10(17)15-8-7-13(9-15)14(2)11-3-5-12(6-4-11)16(18)19;/h3-6,13H,7-9H2,1-2H3;1H2/t13-;/m0./s1. The van der Waals surface area contributed by atoms with Crippen LogP contribution in [0.25, 0.3) is 0 Å². The van der Waals surface area contributed by atoms with Crippen LogP contribution in [0.1, 0.15) is 13.3 Å². The van der Waals surface area contributed by atoms with E-state index < -0.39 is 4.92 Å². The van der Waals surface area contributed by atoms with Crippen molar-refractivity contribution in [2.45, 2.75) is 19.4 Å². The van der Waals surface area contributed by atoms with Gasteiger partial charge in [0.25, 0.3) is 5.69 Å². The first-order valence-corrected chi connectivity index (χ1v) is 6.22. The van der Waals surface area contributed by atoms with E-state index in [9.17, 15) is 14.9 Å². The number of nitro groups is 1. The fourth-order valence-corrected chi connectivity index (χ4v) is 2.36. The molecule has 110 valence electrons. The number of anilines is 1. The molecule has 1 amide bonds. The van der Waals surface area contributed by atoms with Gasteiger partial charge in [-0.3, -0.25) is 14.9 Å². The predicted molar refractivity (Wildman–Crippen MR) is 82.5 cm³/mol. The first-order valence-electron chi connectivity index (χ1n) is 6.22. The van der Waals surface area contributed by atoms with Gasteiger partial charge in [-0.05, 0) is 18.6 Å². The summed E-state index contributed by atoms with van der Waals surface area (Å²) in [5.41, 5.74) is 1.02. The van der Waals surface area contributed by atoms with Crippen molar-refractivity contribution in [3.05, 3.63) is 34.4 Å². The lowest BCUT2D eigenvalue weighted by Gasteiger charge is -2.26. The molecular weight excluding hydrogens is 278 g/mol. The second-order valence-electron chi connectivity index (χ2n) is 4.79. The van der Waals surface area contributed by atoms with Gasteiger partial charge in [0.1, 0.15) is 0 Å². The zero-order valence-electron chi connectivity index (χ0n) is 11.6. The molecule has 0 aromatic heterocycles. The van der Waals surface area contributed by atoms with E-state index in [1.807, 2.05) is 11.9 Å². The van der Waals surface area contributed by atoms with Crippen LogP contribution < -0.4 is 4.90 Å². The van der Waals surface area contributed by atoms with Gasteiger partial charge in [-0.1, -0.05) is 0 Å². The van der Waals surface area contributed by atoms with Crippen molar-refractivity contribution in [2.75, 3.05) is 25.0 Å². The molecular formula is C13H19N3O3S. The number of rotatable bonds is 3. The lowest BCUT2D eigenvalue weighted by atomic mass is 10.2. The van der Waals surface area contributed by atoms with E-state index in [0.29, 0.717) is 6.54 Å². The van der Waals surface area contributed by atoms with Crippen molar-refractivity contribution in [2.24, 2.45) is 0 Å². The van der Waals surface area contributed by atoms with Crippen molar-refractivity contribution < 1.29 is 9.72 Å². The summed E-state index contributed by atoms with van der Waals surface area (Å²) in [5, 5.41) is 10.6. The molecule has 0 bridgehead atoms. The zero-order chi connectivity index (χ0) is 14.0. The van der Waals surface area contributed by atoms with Crippen LogP contribution in [0.2, 0.25) is 0 Å². The maximum absolute atomic E-state index is 11.3. The Hall–Kier alpha value is -1.76. The van der Waals surface area contributed by atoms with Gasteiger partial charge < -0.3 is 9.80 Å². The Bertz CT molecular complexity index is 492. The summed E-state index contributed by atoms with van der Waals surface area (Å²) < 4.78 is 0. The molecule has 1 saturated heterocycles. The van der Waals surface area contributed by atoms with Crippen LogP contribution in [0.3, 0.4) is 0 Å². The summed E-state index contributed by atoms with van der Waals surface area (Å²) in [6.45, 7) is 3.06. The smallest absolute Gasteiger partial charge is 0.269 e. The van der Waals surface area contributed by atoms with Crippen molar-refractivity contribution in [3.8, 4) is 0 Å². The molecule has 6 nitrogen and oxygen atoms in total. The Labute approximate surface area is 125 Å². The number of likely N-dealkylation sites (tertiary alicyclic amines) is 1. The van der Waals surface area contributed by atoms with E-state index in [1.54, 1.807) is 19.1 Å². The fourth-order valence-electron chi connectivity index (χ4n) is 2.36. The van der Waals surface area contributed by atoms with Gasteiger partial charge in [0.05, 0.1) is 4.92 Å². The molecule has 0 radical (unpaired) electrons. The number of amides is 1. The van der Waals surface area contributed by atoms with Crippen molar-refractivity contribution in [3.63, 3.8) is 0 Å². The van der Waals surface area contributed by atoms with Crippen LogP contribution in [0.15, 0.2) is 24.3 Å². The first kappa shape index (κ1) is 16.3. The average Bonchev–Trinajstić information content (AvgIpc) is 2.87. The maximum Gasteiger partial charge on any atom is 0.269 e. The van der Waals surface area contributed by atoms with Gasteiger partial charge in [-0.25, -0.2) is 0 Å². The van der Waals surface area contributed by atoms with Crippen LogP contribution in [0.4, 0.5) is 11.4 Å². The molecule has 7 heteroatoms. The van der Waals surface area contributed by atoms with Crippen LogP contribution in [0, 0.1) is 10.1 Å². The summed E-state index contributed by atoms with van der Waals surface area (Å²) in [4.78, 5) is 25.4. The summed E-state index contributed by atoms with van der Waals surface area (Å²) in [6, 6.07) is 6.77. The van der Waals surface area contributed by atoms with Gasteiger partial charge in [-0.2, -0.15) is 13.5 Å². The summed E-state index contributed by atoms with van der Waals surface area (Å²) in [5.74, 6) is 0.0969. The molecule has 1 aliphatic rings. The van der Waals surface area contributed by atoms with Gasteiger partial charge >= 0.3 is 0 Å². The molecule has 0 unspecified atom stereocenters. The van der Waals surface area contributed by atoms with Gasteiger partial charge in [0.2, 0.25) is 5.91 Å². The summed E-state index contributed by atoms with van der Waals surface area (Å²) in [7, 11) is 1.95. The second-order valence-corrected chi connectivity index (χ2v) is 4.79. The molecule has 0 spiro atoms. The highest BCUT2D eigenvalue weighted by Crippen LogP contribution is 2.23. The minimum atomic E-state index is -0.406. The molecule has 0 N–H and O–H groups in total. The van der Waals surface area contributed by atoms with Gasteiger partial charge in [0, 0.05) is 50.9 Å². The minimum absolute atomic E-state index is 0. The van der Waals surface area contributed by atoms with E-state index >= 15 is 0 Å². The molecule has 1 heterocycles.